The third kappa shape index (κ3) is 3.80. The Hall–Kier alpha value is -5.90. The molecule has 0 aromatic heterocycles. The zero-order valence-electron chi connectivity index (χ0n) is 22.8. The SMILES string of the molecule is [C-]#[N+]c1ccc(C#N)c(-c2ccc(N3c4ccccc4C(c4ccccc4)(c4ccccc4)c4ccccc43)cc2)c1. The second kappa shape index (κ2) is 10.3. The van der Waals surface area contributed by atoms with Crippen LogP contribution in [0.1, 0.15) is 27.8 Å². The highest BCUT2D eigenvalue weighted by Gasteiger charge is 2.46. The molecule has 196 valence electrons. The number of benzene rings is 6. The van der Waals surface area contributed by atoms with Crippen molar-refractivity contribution >= 4 is 22.7 Å². The van der Waals surface area contributed by atoms with E-state index >= 15 is 0 Å². The smallest absolute Gasteiger partial charge is 0.187 e. The molecule has 0 radical (unpaired) electrons. The number of hydrogen-bond acceptors (Lipinski definition) is 2. The van der Waals surface area contributed by atoms with Gasteiger partial charge in [0.05, 0.1) is 35.0 Å². The topological polar surface area (TPSA) is 31.4 Å². The maximum absolute atomic E-state index is 9.72. The van der Waals surface area contributed by atoms with Crippen molar-refractivity contribution in [1.29, 1.82) is 5.26 Å². The molecular formula is C39H25N3. The molecule has 0 bridgehead atoms. The second-order valence-corrected chi connectivity index (χ2v) is 10.4. The normalized spacial score (nSPS) is 12.9. The van der Waals surface area contributed by atoms with Gasteiger partial charge in [-0.1, -0.05) is 121 Å². The molecule has 1 aliphatic heterocycles. The van der Waals surface area contributed by atoms with Crippen LogP contribution in [0.25, 0.3) is 16.0 Å². The third-order valence-electron chi connectivity index (χ3n) is 8.20. The van der Waals surface area contributed by atoms with Crippen LogP contribution in [0.5, 0.6) is 0 Å². The summed E-state index contributed by atoms with van der Waals surface area (Å²) in [7, 11) is 0. The Morgan fingerprint density at radius 3 is 1.64 bits per heavy atom. The van der Waals surface area contributed by atoms with Crippen LogP contribution in [0, 0.1) is 17.9 Å². The molecule has 1 heterocycles. The lowest BCUT2D eigenvalue weighted by molar-refractivity contribution is 0.731. The molecule has 0 fully saturated rings. The maximum atomic E-state index is 9.72. The molecule has 0 spiro atoms. The molecule has 0 saturated heterocycles. The van der Waals surface area contributed by atoms with E-state index in [9.17, 15) is 5.26 Å². The van der Waals surface area contributed by atoms with Crippen molar-refractivity contribution in [2.75, 3.05) is 4.90 Å². The number of nitriles is 1. The number of nitrogens with zero attached hydrogens (tertiary/aromatic N) is 3. The van der Waals surface area contributed by atoms with Crippen LogP contribution in [0.15, 0.2) is 152 Å². The first-order valence-corrected chi connectivity index (χ1v) is 13.9. The van der Waals surface area contributed by atoms with Crippen molar-refractivity contribution < 1.29 is 0 Å². The summed E-state index contributed by atoms with van der Waals surface area (Å²) in [5.41, 5.74) is 10.3. The summed E-state index contributed by atoms with van der Waals surface area (Å²) in [5, 5.41) is 9.72. The summed E-state index contributed by atoms with van der Waals surface area (Å²) >= 11 is 0. The van der Waals surface area contributed by atoms with Gasteiger partial charge in [-0.05, 0) is 63.7 Å². The molecule has 0 atom stereocenters. The number of hydrogen-bond donors (Lipinski definition) is 0. The molecule has 42 heavy (non-hydrogen) atoms. The molecule has 6 aromatic rings. The van der Waals surface area contributed by atoms with Crippen molar-refractivity contribution in [2.24, 2.45) is 0 Å². The highest BCUT2D eigenvalue weighted by Crippen LogP contribution is 2.57. The third-order valence-corrected chi connectivity index (χ3v) is 8.20. The van der Waals surface area contributed by atoms with E-state index in [1.165, 1.54) is 22.3 Å². The first-order chi connectivity index (χ1) is 20.8. The van der Waals surface area contributed by atoms with E-state index in [0.717, 1.165) is 28.2 Å². The summed E-state index contributed by atoms with van der Waals surface area (Å²) in [6, 6.07) is 54.7. The van der Waals surface area contributed by atoms with Gasteiger partial charge in [-0.15, -0.1) is 0 Å². The fourth-order valence-electron chi connectivity index (χ4n) is 6.42. The average Bonchev–Trinajstić information content (AvgIpc) is 3.08. The fraction of sp³-hybridized carbons (Fsp3) is 0.0256. The van der Waals surface area contributed by atoms with E-state index in [1.807, 2.05) is 12.1 Å². The summed E-state index contributed by atoms with van der Waals surface area (Å²) in [6.07, 6.45) is 0. The van der Waals surface area contributed by atoms with Gasteiger partial charge in [-0.2, -0.15) is 5.26 Å². The van der Waals surface area contributed by atoms with Crippen molar-refractivity contribution in [3.05, 3.63) is 191 Å². The minimum absolute atomic E-state index is 0.506. The Morgan fingerprint density at radius 2 is 1.12 bits per heavy atom. The molecule has 3 heteroatoms. The van der Waals surface area contributed by atoms with Crippen molar-refractivity contribution in [1.82, 2.24) is 0 Å². The predicted octanol–water partition coefficient (Wildman–Crippen LogP) is 9.94. The molecule has 6 aromatic carbocycles. The van der Waals surface area contributed by atoms with Gasteiger partial charge < -0.3 is 4.90 Å². The lowest BCUT2D eigenvalue weighted by atomic mass is 9.62. The van der Waals surface area contributed by atoms with Crippen LogP contribution < -0.4 is 4.90 Å². The van der Waals surface area contributed by atoms with Gasteiger partial charge in [0.15, 0.2) is 5.69 Å². The molecule has 0 saturated carbocycles. The summed E-state index contributed by atoms with van der Waals surface area (Å²) in [5.74, 6) is 0. The average molecular weight is 536 g/mol. The van der Waals surface area contributed by atoms with Crippen LogP contribution in [-0.4, -0.2) is 0 Å². The van der Waals surface area contributed by atoms with Crippen LogP contribution in [0.3, 0.4) is 0 Å². The van der Waals surface area contributed by atoms with Crippen molar-refractivity contribution in [3.63, 3.8) is 0 Å². The Labute approximate surface area is 246 Å². The highest BCUT2D eigenvalue weighted by atomic mass is 15.2. The van der Waals surface area contributed by atoms with Crippen LogP contribution in [0.2, 0.25) is 0 Å². The predicted molar refractivity (Wildman–Crippen MR) is 169 cm³/mol. The Kier molecular flexibility index (Phi) is 6.12. The van der Waals surface area contributed by atoms with E-state index in [2.05, 4.69) is 137 Å². The molecule has 7 rings (SSSR count). The van der Waals surface area contributed by atoms with E-state index in [0.29, 0.717) is 11.3 Å². The Morgan fingerprint density at radius 1 is 0.595 bits per heavy atom. The van der Waals surface area contributed by atoms with Crippen LogP contribution in [0.4, 0.5) is 22.7 Å². The van der Waals surface area contributed by atoms with Gasteiger partial charge in [0.2, 0.25) is 0 Å². The van der Waals surface area contributed by atoms with E-state index in [4.69, 9.17) is 6.57 Å². The van der Waals surface area contributed by atoms with Gasteiger partial charge in [0, 0.05) is 5.69 Å². The zero-order valence-corrected chi connectivity index (χ0v) is 22.8. The summed E-state index contributed by atoms with van der Waals surface area (Å²) in [6.45, 7) is 7.43. The molecule has 3 nitrogen and oxygen atoms in total. The van der Waals surface area contributed by atoms with Gasteiger partial charge in [0.25, 0.3) is 0 Å². The molecule has 0 N–H and O–H groups in total. The summed E-state index contributed by atoms with van der Waals surface area (Å²) in [4.78, 5) is 5.90. The lowest BCUT2D eigenvalue weighted by Crippen LogP contribution is -2.37. The zero-order chi connectivity index (χ0) is 28.5. The minimum Gasteiger partial charge on any atom is -0.310 e. The monoisotopic (exact) mass is 535 g/mol. The number of fused-ring (bicyclic) bond motifs is 2. The van der Waals surface area contributed by atoms with Crippen molar-refractivity contribution in [2.45, 2.75) is 5.41 Å². The number of rotatable bonds is 4. The van der Waals surface area contributed by atoms with Gasteiger partial charge in [0.1, 0.15) is 0 Å². The molecule has 0 amide bonds. The largest absolute Gasteiger partial charge is 0.310 e. The minimum atomic E-state index is -0.506. The first-order valence-electron chi connectivity index (χ1n) is 13.9. The van der Waals surface area contributed by atoms with Gasteiger partial charge in [-0.3, -0.25) is 0 Å². The van der Waals surface area contributed by atoms with Crippen molar-refractivity contribution in [3.8, 4) is 17.2 Å². The standard InChI is InChI=1S/C39H25N3/c1-41-32-23-20-29(27-40)34(26-32)28-21-24-33(25-22-28)42-37-18-10-8-16-35(37)39(30-12-4-2-5-13-30,31-14-6-3-7-15-31)36-17-9-11-19-38(36)42/h2-26H. The van der Waals surface area contributed by atoms with Crippen LogP contribution >= 0.6 is 0 Å². The van der Waals surface area contributed by atoms with E-state index in [-0.39, 0.29) is 0 Å². The maximum Gasteiger partial charge on any atom is 0.187 e. The summed E-state index contributed by atoms with van der Waals surface area (Å²) < 4.78 is 0. The van der Waals surface area contributed by atoms with E-state index in [1.54, 1.807) is 18.2 Å². The van der Waals surface area contributed by atoms with Crippen LogP contribution in [-0.2, 0) is 5.41 Å². The van der Waals surface area contributed by atoms with Gasteiger partial charge in [-0.25, -0.2) is 4.85 Å². The molecule has 1 aliphatic rings. The van der Waals surface area contributed by atoms with E-state index < -0.39 is 5.41 Å². The number of anilines is 3. The first kappa shape index (κ1) is 25.1. The number of para-hydroxylation sites is 2. The van der Waals surface area contributed by atoms with Gasteiger partial charge >= 0.3 is 0 Å². The molecule has 0 aliphatic carbocycles. The fourth-order valence-corrected chi connectivity index (χ4v) is 6.42. The Bertz CT molecular complexity index is 1910. The highest BCUT2D eigenvalue weighted by molar-refractivity contribution is 5.90. The molecule has 0 unspecified atom stereocenters. The Balaban J connectivity index is 1.46. The second-order valence-electron chi connectivity index (χ2n) is 10.4. The lowest BCUT2D eigenvalue weighted by Gasteiger charge is -2.46. The quantitative estimate of drug-likeness (QED) is 0.210. The molecular weight excluding hydrogens is 510 g/mol.